The van der Waals surface area contributed by atoms with Crippen molar-refractivity contribution in [1.29, 1.82) is 0 Å². The topological polar surface area (TPSA) is 66.8 Å². The number of benzene rings is 1. The zero-order chi connectivity index (χ0) is 11.5. The highest BCUT2D eigenvalue weighted by Gasteiger charge is 2.15. The fourth-order valence-corrected chi connectivity index (χ4v) is 1.87. The van der Waals surface area contributed by atoms with Crippen LogP contribution in [0.25, 0.3) is 0 Å². The third-order valence-electron chi connectivity index (χ3n) is 2.76. The van der Waals surface area contributed by atoms with E-state index in [1.54, 1.807) is 6.07 Å². The molecule has 2 N–H and O–H groups in total. The van der Waals surface area contributed by atoms with Gasteiger partial charge in [-0.1, -0.05) is 18.2 Å². The SMILES string of the molecule is O=C(O)C[C@H](O)c1ccc2c(c1)CCOC2. The Hall–Kier alpha value is -1.39. The van der Waals surface area contributed by atoms with Gasteiger partial charge in [-0.2, -0.15) is 0 Å². The molecule has 0 unspecified atom stereocenters. The number of hydrogen-bond donors (Lipinski definition) is 2. The standard InChI is InChI=1S/C12H14O4/c13-11(6-12(14)15)9-1-2-10-7-16-4-3-8(10)5-9/h1-2,5,11,13H,3-4,6-7H2,(H,14,15)/t11-/m0/s1. The number of aliphatic hydroxyl groups excluding tert-OH is 1. The summed E-state index contributed by atoms with van der Waals surface area (Å²) in [5.41, 5.74) is 2.94. The number of carboxylic acids is 1. The molecular weight excluding hydrogens is 208 g/mol. The number of fused-ring (bicyclic) bond motifs is 1. The van der Waals surface area contributed by atoms with Crippen LogP contribution in [0.4, 0.5) is 0 Å². The van der Waals surface area contributed by atoms with Crippen LogP contribution in [0.5, 0.6) is 0 Å². The molecule has 0 aliphatic carbocycles. The monoisotopic (exact) mass is 222 g/mol. The largest absolute Gasteiger partial charge is 0.481 e. The van der Waals surface area contributed by atoms with E-state index in [1.807, 2.05) is 12.1 Å². The minimum Gasteiger partial charge on any atom is -0.481 e. The molecule has 1 atom stereocenters. The minimum absolute atomic E-state index is 0.255. The van der Waals surface area contributed by atoms with Gasteiger partial charge in [0, 0.05) is 0 Å². The van der Waals surface area contributed by atoms with Crippen molar-refractivity contribution in [2.45, 2.75) is 25.6 Å². The van der Waals surface area contributed by atoms with Gasteiger partial charge in [0.2, 0.25) is 0 Å². The van der Waals surface area contributed by atoms with Crippen molar-refractivity contribution in [3.8, 4) is 0 Å². The van der Waals surface area contributed by atoms with Crippen LogP contribution in [0.1, 0.15) is 29.2 Å². The lowest BCUT2D eigenvalue weighted by molar-refractivity contribution is -0.139. The molecule has 1 aromatic carbocycles. The third-order valence-corrected chi connectivity index (χ3v) is 2.76. The Morgan fingerprint density at radius 2 is 2.25 bits per heavy atom. The van der Waals surface area contributed by atoms with E-state index in [9.17, 15) is 9.90 Å². The predicted molar refractivity (Wildman–Crippen MR) is 57.0 cm³/mol. The summed E-state index contributed by atoms with van der Waals surface area (Å²) >= 11 is 0. The zero-order valence-electron chi connectivity index (χ0n) is 8.85. The summed E-state index contributed by atoms with van der Waals surface area (Å²) in [5.74, 6) is -0.992. The lowest BCUT2D eigenvalue weighted by Gasteiger charge is -2.18. The zero-order valence-corrected chi connectivity index (χ0v) is 8.85. The van der Waals surface area contributed by atoms with Crippen LogP contribution in [0, 0.1) is 0 Å². The molecule has 0 saturated heterocycles. The lowest BCUT2D eigenvalue weighted by Crippen LogP contribution is -2.12. The Kier molecular flexibility index (Phi) is 3.22. The first kappa shape index (κ1) is 11.1. The fraction of sp³-hybridized carbons (Fsp3) is 0.417. The lowest BCUT2D eigenvalue weighted by atomic mass is 9.97. The molecule has 0 spiro atoms. The Balaban J connectivity index is 2.19. The van der Waals surface area contributed by atoms with Gasteiger partial charge < -0.3 is 14.9 Å². The highest BCUT2D eigenvalue weighted by atomic mass is 16.5. The third kappa shape index (κ3) is 2.40. The maximum Gasteiger partial charge on any atom is 0.306 e. The first-order valence-electron chi connectivity index (χ1n) is 5.26. The van der Waals surface area contributed by atoms with Gasteiger partial charge in [0.15, 0.2) is 0 Å². The van der Waals surface area contributed by atoms with Crippen molar-refractivity contribution in [2.75, 3.05) is 6.61 Å². The molecule has 86 valence electrons. The molecule has 4 nitrogen and oxygen atoms in total. The molecule has 0 aromatic heterocycles. The van der Waals surface area contributed by atoms with Crippen LogP contribution in [0.15, 0.2) is 18.2 Å². The van der Waals surface area contributed by atoms with E-state index in [1.165, 1.54) is 0 Å². The Morgan fingerprint density at radius 1 is 1.44 bits per heavy atom. The molecule has 1 aliphatic rings. The molecule has 1 heterocycles. The van der Waals surface area contributed by atoms with Crippen LogP contribution in [-0.4, -0.2) is 22.8 Å². The Labute approximate surface area is 93.5 Å². The molecule has 0 bridgehead atoms. The van der Waals surface area contributed by atoms with Gasteiger partial charge in [-0.15, -0.1) is 0 Å². The molecule has 4 heteroatoms. The predicted octanol–water partition coefficient (Wildman–Crippen LogP) is 1.27. The second-order valence-corrected chi connectivity index (χ2v) is 3.94. The van der Waals surface area contributed by atoms with E-state index < -0.39 is 12.1 Å². The molecule has 0 fully saturated rings. The first-order valence-corrected chi connectivity index (χ1v) is 5.26. The highest BCUT2D eigenvalue weighted by Crippen LogP contribution is 2.23. The van der Waals surface area contributed by atoms with Crippen LogP contribution in [0.2, 0.25) is 0 Å². The van der Waals surface area contributed by atoms with Crippen molar-refractivity contribution in [1.82, 2.24) is 0 Å². The number of carboxylic acid groups (broad SMARTS) is 1. The van der Waals surface area contributed by atoms with Crippen LogP contribution >= 0.6 is 0 Å². The maximum absolute atomic E-state index is 10.5. The van der Waals surface area contributed by atoms with Crippen molar-refractivity contribution in [2.24, 2.45) is 0 Å². The van der Waals surface area contributed by atoms with Gasteiger partial charge in [-0.3, -0.25) is 4.79 Å². The second-order valence-electron chi connectivity index (χ2n) is 3.94. The summed E-state index contributed by atoms with van der Waals surface area (Å²) in [6.07, 6.45) is -0.358. The number of hydrogen-bond acceptors (Lipinski definition) is 3. The van der Waals surface area contributed by atoms with E-state index in [0.29, 0.717) is 18.8 Å². The van der Waals surface area contributed by atoms with Crippen molar-refractivity contribution >= 4 is 5.97 Å². The molecule has 0 saturated carbocycles. The average Bonchev–Trinajstić information content (AvgIpc) is 2.27. The van der Waals surface area contributed by atoms with Crippen molar-refractivity contribution in [3.63, 3.8) is 0 Å². The van der Waals surface area contributed by atoms with E-state index >= 15 is 0 Å². The molecule has 0 radical (unpaired) electrons. The summed E-state index contributed by atoms with van der Waals surface area (Å²) in [4.78, 5) is 10.5. The van der Waals surface area contributed by atoms with E-state index in [4.69, 9.17) is 9.84 Å². The fourth-order valence-electron chi connectivity index (χ4n) is 1.87. The number of aliphatic carboxylic acids is 1. The van der Waals surface area contributed by atoms with Crippen molar-refractivity contribution in [3.05, 3.63) is 34.9 Å². The highest BCUT2D eigenvalue weighted by molar-refractivity contribution is 5.67. The quantitative estimate of drug-likeness (QED) is 0.808. The molecule has 1 aromatic rings. The average molecular weight is 222 g/mol. The number of rotatable bonds is 3. The van der Waals surface area contributed by atoms with Gasteiger partial charge in [-0.05, 0) is 23.1 Å². The van der Waals surface area contributed by atoms with Gasteiger partial charge in [0.25, 0.3) is 0 Å². The van der Waals surface area contributed by atoms with E-state index in [2.05, 4.69) is 0 Å². The van der Waals surface area contributed by atoms with Gasteiger partial charge >= 0.3 is 5.97 Å². The summed E-state index contributed by atoms with van der Waals surface area (Å²) in [6.45, 7) is 1.29. The first-order chi connectivity index (χ1) is 7.66. The smallest absolute Gasteiger partial charge is 0.306 e. The number of aliphatic hydroxyl groups is 1. The maximum atomic E-state index is 10.5. The Bertz CT molecular complexity index is 400. The van der Waals surface area contributed by atoms with Gasteiger partial charge in [0.05, 0.1) is 25.7 Å². The van der Waals surface area contributed by atoms with Crippen LogP contribution in [-0.2, 0) is 22.6 Å². The van der Waals surface area contributed by atoms with Gasteiger partial charge in [0.1, 0.15) is 0 Å². The minimum atomic E-state index is -0.992. The van der Waals surface area contributed by atoms with Crippen molar-refractivity contribution < 1.29 is 19.7 Å². The van der Waals surface area contributed by atoms with Gasteiger partial charge in [-0.25, -0.2) is 0 Å². The van der Waals surface area contributed by atoms with Crippen LogP contribution < -0.4 is 0 Å². The Morgan fingerprint density at radius 3 is 3.00 bits per heavy atom. The van der Waals surface area contributed by atoms with E-state index in [-0.39, 0.29) is 6.42 Å². The normalized spacial score (nSPS) is 16.6. The number of ether oxygens (including phenoxy) is 1. The molecule has 2 rings (SSSR count). The summed E-state index contributed by atoms with van der Waals surface area (Å²) in [7, 11) is 0. The molecule has 1 aliphatic heterocycles. The van der Waals surface area contributed by atoms with Crippen LogP contribution in [0.3, 0.4) is 0 Å². The number of carbonyl (C=O) groups is 1. The van der Waals surface area contributed by atoms with E-state index in [0.717, 1.165) is 17.5 Å². The molecular formula is C12H14O4. The summed E-state index contributed by atoms with van der Waals surface area (Å²) in [5, 5.41) is 18.3. The summed E-state index contributed by atoms with van der Waals surface area (Å²) < 4.78 is 5.30. The molecule has 16 heavy (non-hydrogen) atoms. The summed E-state index contributed by atoms with van der Waals surface area (Å²) in [6, 6.07) is 5.54. The molecule has 0 amide bonds. The second kappa shape index (κ2) is 4.63.